The zero-order chi connectivity index (χ0) is 18.2. The van der Waals surface area contributed by atoms with Crippen molar-refractivity contribution in [1.29, 1.82) is 0 Å². The van der Waals surface area contributed by atoms with Crippen molar-refractivity contribution < 1.29 is 14.3 Å². The fourth-order valence-electron chi connectivity index (χ4n) is 1.88. The summed E-state index contributed by atoms with van der Waals surface area (Å²) >= 11 is 5.00. The first kappa shape index (κ1) is 18.3. The lowest BCUT2D eigenvalue weighted by molar-refractivity contribution is 0.0934. The third-order valence-electron chi connectivity index (χ3n) is 2.93. The molecule has 0 saturated heterocycles. The van der Waals surface area contributed by atoms with Gasteiger partial charge in [0.2, 0.25) is 0 Å². The Balaban J connectivity index is 1.88. The highest BCUT2D eigenvalue weighted by Gasteiger charge is 2.10. The minimum atomic E-state index is -0.412. The molecule has 0 aliphatic rings. The van der Waals surface area contributed by atoms with E-state index in [0.29, 0.717) is 16.9 Å². The monoisotopic (exact) mass is 358 g/mol. The Labute approximate surface area is 150 Å². The summed E-state index contributed by atoms with van der Waals surface area (Å²) < 4.78 is 5.55. The molecule has 0 aliphatic carbocycles. The maximum atomic E-state index is 12.2. The molecule has 0 fully saturated rings. The Kier molecular flexibility index (Phi) is 6.41. The fourth-order valence-corrected chi connectivity index (χ4v) is 2.02. The van der Waals surface area contributed by atoms with Crippen molar-refractivity contribution in [3.63, 3.8) is 0 Å². The molecule has 2 amide bonds. The molecule has 0 unspecified atom stereocenters. The molecule has 1 heterocycles. The van der Waals surface area contributed by atoms with Gasteiger partial charge >= 0.3 is 0 Å². The Morgan fingerprint density at radius 1 is 1.04 bits per heavy atom. The van der Waals surface area contributed by atoms with Gasteiger partial charge in [-0.25, -0.2) is 0 Å². The van der Waals surface area contributed by atoms with Crippen LogP contribution < -0.4 is 20.9 Å². The van der Waals surface area contributed by atoms with E-state index in [1.807, 2.05) is 13.8 Å². The highest BCUT2D eigenvalue weighted by Crippen LogP contribution is 2.14. The molecule has 130 valence electrons. The molecule has 25 heavy (non-hydrogen) atoms. The summed E-state index contributed by atoms with van der Waals surface area (Å²) in [5.41, 5.74) is 5.68. The van der Waals surface area contributed by atoms with Crippen molar-refractivity contribution in [1.82, 2.24) is 21.2 Å². The molecular weight excluding hydrogens is 340 g/mol. The molecule has 7 nitrogen and oxygen atoms in total. The molecule has 0 saturated carbocycles. The van der Waals surface area contributed by atoms with Gasteiger partial charge in [-0.15, -0.1) is 0 Å². The van der Waals surface area contributed by atoms with Crippen LogP contribution in [0.4, 0.5) is 0 Å². The number of amides is 2. The van der Waals surface area contributed by atoms with E-state index in [-0.39, 0.29) is 11.2 Å². The molecule has 8 heteroatoms. The Bertz CT molecular complexity index is 765. The van der Waals surface area contributed by atoms with Crippen LogP contribution in [0.5, 0.6) is 5.75 Å². The first-order chi connectivity index (χ1) is 12.0. The number of carbonyl (C=O) groups is 2. The van der Waals surface area contributed by atoms with E-state index in [1.54, 1.807) is 36.4 Å². The number of hydrazine groups is 1. The van der Waals surface area contributed by atoms with Crippen LogP contribution in [-0.4, -0.2) is 28.0 Å². The summed E-state index contributed by atoms with van der Waals surface area (Å²) in [5.74, 6) is -0.219. The van der Waals surface area contributed by atoms with E-state index in [2.05, 4.69) is 21.2 Å². The quantitative estimate of drug-likeness (QED) is 0.570. The van der Waals surface area contributed by atoms with Gasteiger partial charge in [-0.3, -0.25) is 30.7 Å². The zero-order valence-corrected chi connectivity index (χ0v) is 14.6. The highest BCUT2D eigenvalue weighted by molar-refractivity contribution is 7.80. The van der Waals surface area contributed by atoms with Crippen LogP contribution in [0, 0.1) is 0 Å². The average molecular weight is 358 g/mol. The summed E-state index contributed by atoms with van der Waals surface area (Å²) in [6.45, 7) is 3.80. The second kappa shape index (κ2) is 8.74. The lowest BCUT2D eigenvalue weighted by atomic mass is 10.2. The molecule has 2 aromatic rings. The molecule has 0 radical (unpaired) electrons. The van der Waals surface area contributed by atoms with Gasteiger partial charge in [0.05, 0.1) is 6.10 Å². The second-order valence-electron chi connectivity index (χ2n) is 5.29. The molecular formula is C17H18N4O3S. The minimum Gasteiger partial charge on any atom is -0.491 e. The highest BCUT2D eigenvalue weighted by atomic mass is 32.1. The molecule has 0 spiro atoms. The van der Waals surface area contributed by atoms with Gasteiger partial charge < -0.3 is 4.74 Å². The number of thiocarbonyl (C=S) groups is 1. The van der Waals surface area contributed by atoms with E-state index in [4.69, 9.17) is 17.0 Å². The summed E-state index contributed by atoms with van der Waals surface area (Å²) in [7, 11) is 0. The largest absolute Gasteiger partial charge is 0.491 e. The van der Waals surface area contributed by atoms with Gasteiger partial charge in [-0.2, -0.15) is 0 Å². The van der Waals surface area contributed by atoms with Gasteiger partial charge in [0.1, 0.15) is 5.75 Å². The Morgan fingerprint density at radius 2 is 1.76 bits per heavy atom. The molecule has 1 aromatic heterocycles. The molecule has 0 bridgehead atoms. The van der Waals surface area contributed by atoms with Crippen molar-refractivity contribution in [2.75, 3.05) is 0 Å². The van der Waals surface area contributed by atoms with Crippen molar-refractivity contribution in [2.24, 2.45) is 0 Å². The van der Waals surface area contributed by atoms with Crippen LogP contribution in [0.15, 0.2) is 48.8 Å². The van der Waals surface area contributed by atoms with Gasteiger partial charge in [0.15, 0.2) is 5.11 Å². The molecule has 3 N–H and O–H groups in total. The predicted octanol–water partition coefficient (Wildman–Crippen LogP) is 1.82. The van der Waals surface area contributed by atoms with E-state index in [0.717, 1.165) is 0 Å². The maximum absolute atomic E-state index is 12.2. The van der Waals surface area contributed by atoms with E-state index in [1.165, 1.54) is 12.4 Å². The third kappa shape index (κ3) is 5.85. The average Bonchev–Trinajstić information content (AvgIpc) is 2.60. The van der Waals surface area contributed by atoms with Crippen LogP contribution in [0.1, 0.15) is 34.6 Å². The number of hydrogen-bond acceptors (Lipinski definition) is 5. The SMILES string of the molecule is CC(C)Oc1cccc(C(=O)NC(=S)NNC(=O)c2ccncc2)c1. The number of rotatable bonds is 4. The lowest BCUT2D eigenvalue weighted by Gasteiger charge is -2.12. The number of nitrogens with zero attached hydrogens (tertiary/aromatic N) is 1. The summed E-state index contributed by atoms with van der Waals surface area (Å²) in [5, 5.41) is 2.46. The molecule has 0 atom stereocenters. The van der Waals surface area contributed by atoms with Crippen LogP contribution in [-0.2, 0) is 0 Å². The van der Waals surface area contributed by atoms with E-state index >= 15 is 0 Å². The van der Waals surface area contributed by atoms with Crippen LogP contribution >= 0.6 is 12.2 Å². The topological polar surface area (TPSA) is 92.4 Å². The normalized spacial score (nSPS) is 10.0. The Hall–Kier alpha value is -3.00. The second-order valence-corrected chi connectivity index (χ2v) is 5.70. The van der Waals surface area contributed by atoms with E-state index in [9.17, 15) is 9.59 Å². The predicted molar refractivity (Wildman–Crippen MR) is 97.1 cm³/mol. The third-order valence-corrected chi connectivity index (χ3v) is 3.13. The van der Waals surface area contributed by atoms with Crippen molar-refractivity contribution in [3.05, 3.63) is 59.9 Å². The summed E-state index contributed by atoms with van der Waals surface area (Å²) in [6.07, 6.45) is 3.01. The molecule has 2 rings (SSSR count). The number of benzene rings is 1. The van der Waals surface area contributed by atoms with Gasteiger partial charge in [0, 0.05) is 23.5 Å². The van der Waals surface area contributed by atoms with Gasteiger partial charge in [0.25, 0.3) is 11.8 Å². The molecule has 1 aromatic carbocycles. The number of hydrogen-bond donors (Lipinski definition) is 3. The van der Waals surface area contributed by atoms with E-state index < -0.39 is 11.8 Å². The van der Waals surface area contributed by atoms with Crippen LogP contribution in [0.2, 0.25) is 0 Å². The number of nitrogens with one attached hydrogen (secondary N) is 3. The number of aromatic nitrogens is 1. The van der Waals surface area contributed by atoms with Crippen molar-refractivity contribution in [2.45, 2.75) is 20.0 Å². The Morgan fingerprint density at radius 3 is 2.44 bits per heavy atom. The standard InChI is InChI=1S/C17H18N4O3S/c1-11(2)24-14-5-3-4-13(10-14)15(22)19-17(25)21-20-16(23)12-6-8-18-9-7-12/h3-11H,1-2H3,(H,20,23)(H2,19,21,22,25). The van der Waals surface area contributed by atoms with Crippen molar-refractivity contribution >= 4 is 29.1 Å². The van der Waals surface area contributed by atoms with Gasteiger partial charge in [-0.05, 0) is 56.4 Å². The van der Waals surface area contributed by atoms with Gasteiger partial charge in [-0.1, -0.05) is 6.07 Å². The number of carbonyl (C=O) groups excluding carboxylic acids is 2. The molecule has 0 aliphatic heterocycles. The smallest absolute Gasteiger partial charge is 0.269 e. The number of pyridine rings is 1. The van der Waals surface area contributed by atoms with Crippen molar-refractivity contribution in [3.8, 4) is 5.75 Å². The fraction of sp³-hybridized carbons (Fsp3) is 0.176. The zero-order valence-electron chi connectivity index (χ0n) is 13.8. The lowest BCUT2D eigenvalue weighted by Crippen LogP contribution is -2.48. The van der Waals surface area contributed by atoms with Crippen LogP contribution in [0.25, 0.3) is 0 Å². The summed E-state index contributed by atoms with van der Waals surface area (Å²) in [6, 6.07) is 9.85. The maximum Gasteiger partial charge on any atom is 0.269 e. The first-order valence-electron chi connectivity index (χ1n) is 7.54. The number of ether oxygens (including phenoxy) is 1. The van der Waals surface area contributed by atoms with Crippen LogP contribution in [0.3, 0.4) is 0 Å². The minimum absolute atomic E-state index is 0.00412. The summed E-state index contributed by atoms with van der Waals surface area (Å²) in [4.78, 5) is 27.9. The first-order valence-corrected chi connectivity index (χ1v) is 7.95.